The minimum atomic E-state index is -3.72. The number of hydrogen-bond donors (Lipinski definition) is 4. The van der Waals surface area contributed by atoms with Crippen LogP contribution < -0.4 is 14.2 Å². The van der Waals surface area contributed by atoms with E-state index in [1.807, 2.05) is 19.2 Å². The van der Waals surface area contributed by atoms with E-state index in [9.17, 15) is 21.9 Å². The van der Waals surface area contributed by atoms with Crippen molar-refractivity contribution in [1.82, 2.24) is 10.3 Å². The summed E-state index contributed by atoms with van der Waals surface area (Å²) in [5.41, 5.74) is 2.54. The van der Waals surface area contributed by atoms with Crippen LogP contribution in [0, 0.1) is 0 Å². The smallest absolute Gasteiger partial charge is 0.311 e. The second-order valence-corrected chi connectivity index (χ2v) is 14.3. The van der Waals surface area contributed by atoms with Crippen LogP contribution in [0.2, 0.25) is 0 Å². The molecule has 0 amide bonds. The molecule has 2 aromatic heterocycles. The quantitative estimate of drug-likeness (QED) is 0.183. The zero-order chi connectivity index (χ0) is 27.5. The number of benzene rings is 2. The molecule has 12 heteroatoms. The fraction of sp³-hybridized carbons (Fsp3) is 0.308. The Kier molecular flexibility index (Phi) is 8.48. The highest BCUT2D eigenvalue weighted by Gasteiger charge is 2.21. The average molecular weight is 578 g/mol. The molecule has 4 aromatic rings. The maximum Gasteiger partial charge on any atom is 0.311 e. The predicted molar refractivity (Wildman–Crippen MR) is 151 cm³/mol. The van der Waals surface area contributed by atoms with Gasteiger partial charge in [0, 0.05) is 29.9 Å². The predicted octanol–water partition coefficient (Wildman–Crippen LogP) is 4.40. The van der Waals surface area contributed by atoms with Crippen LogP contribution >= 0.6 is 11.3 Å². The van der Waals surface area contributed by atoms with E-state index < -0.39 is 31.5 Å². The monoisotopic (exact) mass is 577 g/mol. The molecule has 0 bridgehead atoms. The Morgan fingerprint density at radius 3 is 2.50 bits per heavy atom. The van der Waals surface area contributed by atoms with E-state index >= 15 is 0 Å². The Morgan fingerprint density at radius 1 is 1.03 bits per heavy atom. The van der Waals surface area contributed by atoms with Crippen LogP contribution in [0.25, 0.3) is 10.9 Å². The Labute approximate surface area is 227 Å². The number of hydrogen-bond acceptors (Lipinski definition) is 8. The minimum absolute atomic E-state index is 0.0202. The van der Waals surface area contributed by atoms with Crippen LogP contribution in [0.1, 0.15) is 38.0 Å². The second kappa shape index (κ2) is 11.5. The number of para-hydroxylation sites is 1. The van der Waals surface area contributed by atoms with Gasteiger partial charge in [0.05, 0.1) is 16.9 Å². The molecule has 204 valence electrons. The summed E-state index contributed by atoms with van der Waals surface area (Å²) in [5, 5.41) is 16.0. The molecule has 2 aromatic carbocycles. The van der Waals surface area contributed by atoms with Crippen molar-refractivity contribution in [3.63, 3.8) is 0 Å². The van der Waals surface area contributed by atoms with Crippen LogP contribution in [0.15, 0.2) is 70.4 Å². The molecule has 4 rings (SSSR count). The van der Waals surface area contributed by atoms with E-state index in [0.29, 0.717) is 23.2 Å². The van der Waals surface area contributed by atoms with Gasteiger partial charge < -0.3 is 19.6 Å². The number of aliphatic hydroxyl groups excluding tert-OH is 1. The third-order valence-electron chi connectivity index (χ3n) is 6.02. The Balaban J connectivity index is 1.38. The largest absolute Gasteiger partial charge is 0.387 e. The van der Waals surface area contributed by atoms with E-state index in [1.165, 1.54) is 6.07 Å². The molecule has 2 heterocycles. The Bertz CT molecular complexity index is 1600. The molecular weight excluding hydrogens is 547 g/mol. The molecule has 0 saturated heterocycles. The highest BCUT2D eigenvalue weighted by Crippen LogP contribution is 2.30. The molecule has 0 radical (unpaired) electrons. The summed E-state index contributed by atoms with van der Waals surface area (Å²) in [6.45, 7) is 5.38. The highest BCUT2D eigenvalue weighted by atomic mass is 32.2. The van der Waals surface area contributed by atoms with Crippen LogP contribution in [-0.4, -0.2) is 44.8 Å². The summed E-state index contributed by atoms with van der Waals surface area (Å²) < 4.78 is 57.6. The van der Waals surface area contributed by atoms with Gasteiger partial charge in [0.15, 0.2) is 5.75 Å². The first kappa shape index (κ1) is 28.1. The molecule has 0 aliphatic heterocycles. The van der Waals surface area contributed by atoms with Gasteiger partial charge in [-0.3, -0.25) is 4.72 Å². The van der Waals surface area contributed by atoms with Crippen molar-refractivity contribution < 1.29 is 26.1 Å². The summed E-state index contributed by atoms with van der Waals surface area (Å²) in [6.07, 6.45) is 1.60. The molecule has 4 N–H and O–H groups in total. The number of sulfonamides is 1. The number of aromatic nitrogens is 1. The van der Waals surface area contributed by atoms with E-state index in [4.69, 9.17) is 4.18 Å². The number of aromatic amines is 1. The molecule has 0 spiro atoms. The zero-order valence-corrected chi connectivity index (χ0v) is 23.7. The first-order chi connectivity index (χ1) is 18.0. The van der Waals surface area contributed by atoms with Crippen molar-refractivity contribution in [2.45, 2.75) is 48.8 Å². The lowest BCUT2D eigenvalue weighted by Crippen LogP contribution is -2.32. The molecule has 0 aliphatic carbocycles. The van der Waals surface area contributed by atoms with Gasteiger partial charge in [-0.2, -0.15) is 8.42 Å². The maximum atomic E-state index is 12.5. The number of thiophene rings is 1. The first-order valence-electron chi connectivity index (χ1n) is 12.1. The van der Waals surface area contributed by atoms with E-state index in [2.05, 4.69) is 15.0 Å². The fourth-order valence-electron chi connectivity index (χ4n) is 3.91. The Morgan fingerprint density at radius 2 is 1.79 bits per heavy atom. The molecule has 0 saturated carbocycles. The lowest BCUT2D eigenvalue weighted by Gasteiger charge is -2.18. The molecule has 38 heavy (non-hydrogen) atoms. The van der Waals surface area contributed by atoms with Gasteiger partial charge in [-0.05, 0) is 68.0 Å². The van der Waals surface area contributed by atoms with Crippen LogP contribution in [0.5, 0.6) is 5.75 Å². The van der Waals surface area contributed by atoms with Gasteiger partial charge in [0.25, 0.3) is 10.0 Å². The average Bonchev–Trinajstić information content (AvgIpc) is 3.54. The van der Waals surface area contributed by atoms with Gasteiger partial charge in [0.1, 0.15) is 4.21 Å². The SMILES string of the molecule is CC(C)S(=O)(=O)Oc1cccc2c(C[C@@H](C)NC[C@H](O)c3cccc(NS(=O)(=O)c4cccs4)c3)c[nH]c12. The van der Waals surface area contributed by atoms with Crippen LogP contribution in [0.3, 0.4) is 0 Å². The third-order valence-corrected chi connectivity index (χ3v) is 10.4. The normalized spacial score (nSPS) is 14.0. The number of anilines is 1. The molecule has 0 unspecified atom stereocenters. The molecular formula is C26H31N3O6S3. The lowest BCUT2D eigenvalue weighted by atomic mass is 10.0. The summed E-state index contributed by atoms with van der Waals surface area (Å²) in [4.78, 5) is 3.13. The zero-order valence-electron chi connectivity index (χ0n) is 21.2. The standard InChI is InChI=1S/C26H31N3O6S3/c1-17(2)38(33,34)35-24-10-5-9-22-20(15-28-26(22)24)13-18(3)27-16-23(30)19-7-4-8-21(14-19)29-37(31,32)25-11-6-12-36-25/h4-12,14-15,17-18,23,27-30H,13,16H2,1-3H3/t18-,23+/m1/s1. The number of aliphatic hydroxyl groups is 1. The number of rotatable bonds is 12. The topological polar surface area (TPSA) is 138 Å². The summed E-state index contributed by atoms with van der Waals surface area (Å²) in [6, 6.07) is 15.2. The van der Waals surface area contributed by atoms with Gasteiger partial charge in [-0.15, -0.1) is 11.3 Å². The minimum Gasteiger partial charge on any atom is -0.387 e. The first-order valence-corrected chi connectivity index (χ1v) is 15.9. The second-order valence-electron chi connectivity index (χ2n) is 9.31. The lowest BCUT2D eigenvalue weighted by molar-refractivity contribution is 0.170. The van der Waals surface area contributed by atoms with E-state index in [0.717, 1.165) is 22.3 Å². The van der Waals surface area contributed by atoms with Gasteiger partial charge in [0.2, 0.25) is 0 Å². The van der Waals surface area contributed by atoms with E-state index in [-0.39, 0.29) is 22.5 Å². The fourth-order valence-corrected chi connectivity index (χ4v) is 6.53. The summed E-state index contributed by atoms with van der Waals surface area (Å²) in [7, 11) is -7.40. The van der Waals surface area contributed by atoms with Crippen molar-refractivity contribution in [3.05, 3.63) is 77.3 Å². The van der Waals surface area contributed by atoms with Crippen molar-refractivity contribution >= 4 is 48.1 Å². The highest BCUT2D eigenvalue weighted by molar-refractivity contribution is 7.94. The third kappa shape index (κ3) is 6.56. The molecule has 0 aliphatic rings. The summed E-state index contributed by atoms with van der Waals surface area (Å²) in [5.74, 6) is 0.257. The van der Waals surface area contributed by atoms with E-state index in [1.54, 1.807) is 61.7 Å². The number of fused-ring (bicyclic) bond motifs is 1. The Hall–Kier alpha value is -2.90. The maximum absolute atomic E-state index is 12.5. The van der Waals surface area contributed by atoms with Crippen molar-refractivity contribution in [1.29, 1.82) is 0 Å². The van der Waals surface area contributed by atoms with Crippen molar-refractivity contribution in [2.75, 3.05) is 11.3 Å². The number of nitrogens with one attached hydrogen (secondary N) is 3. The van der Waals surface area contributed by atoms with Gasteiger partial charge >= 0.3 is 10.1 Å². The molecule has 0 fully saturated rings. The molecule has 2 atom stereocenters. The van der Waals surface area contributed by atoms with Crippen molar-refractivity contribution in [2.24, 2.45) is 0 Å². The molecule has 9 nitrogen and oxygen atoms in total. The van der Waals surface area contributed by atoms with Gasteiger partial charge in [-0.25, -0.2) is 8.42 Å². The van der Waals surface area contributed by atoms with Crippen LogP contribution in [0.4, 0.5) is 5.69 Å². The summed E-state index contributed by atoms with van der Waals surface area (Å²) >= 11 is 1.13. The van der Waals surface area contributed by atoms with Crippen molar-refractivity contribution in [3.8, 4) is 5.75 Å². The number of H-pyrrole nitrogens is 1. The van der Waals surface area contributed by atoms with Gasteiger partial charge in [-0.1, -0.05) is 30.3 Å². The van der Waals surface area contributed by atoms with Crippen LogP contribution in [-0.2, 0) is 26.6 Å².